The summed E-state index contributed by atoms with van der Waals surface area (Å²) in [5, 5.41) is 7.75. The summed E-state index contributed by atoms with van der Waals surface area (Å²) in [5.41, 5.74) is 4.78. The Balaban J connectivity index is 0. The molecule has 5 nitrogen and oxygen atoms in total. The molecule has 0 unspecified atom stereocenters. The first kappa shape index (κ1) is 9.93. The van der Waals surface area contributed by atoms with E-state index in [9.17, 15) is 0 Å². The van der Waals surface area contributed by atoms with Crippen LogP contribution in [0.2, 0.25) is 0 Å². The van der Waals surface area contributed by atoms with Crippen LogP contribution in [-0.2, 0) is 4.94 Å². The maximum Gasteiger partial charge on any atom is 0.0553 e. The first-order valence-electron chi connectivity index (χ1n) is 1.70. The summed E-state index contributed by atoms with van der Waals surface area (Å²) in [7, 11) is 0. The van der Waals surface area contributed by atoms with Gasteiger partial charge in [-0.1, -0.05) is 0 Å². The Kier molecular flexibility index (Phi) is 24.2. The average Bonchev–Trinajstić information content (AvgIpc) is 1.69. The fourth-order valence-electron chi connectivity index (χ4n) is 0. The van der Waals surface area contributed by atoms with Crippen molar-refractivity contribution in [1.29, 1.82) is 0 Å². The van der Waals surface area contributed by atoms with Crippen LogP contribution in [0.15, 0.2) is 0 Å². The molecule has 7 heavy (non-hydrogen) atoms. The van der Waals surface area contributed by atoms with Crippen molar-refractivity contribution in [2.45, 2.75) is 0 Å². The molecule has 0 aliphatic rings. The minimum absolute atomic E-state index is 0.0972. The van der Waals surface area contributed by atoms with E-state index in [1.54, 1.807) is 0 Å². The number of aliphatic hydroxyl groups is 1. The molecule has 0 aliphatic heterocycles. The van der Waals surface area contributed by atoms with Gasteiger partial charge in [0.25, 0.3) is 0 Å². The lowest BCUT2D eigenvalue weighted by Gasteiger charge is -1.71. The van der Waals surface area contributed by atoms with E-state index in [2.05, 4.69) is 16.7 Å². The fourth-order valence-corrected chi connectivity index (χ4v) is 0. The molecular weight excluding hydrogens is 98.0 g/mol. The number of rotatable bonds is 1. The Hall–Kier alpha value is -0.200. The number of aliphatic hydroxyl groups excluding tert-OH is 1. The second-order valence-corrected chi connectivity index (χ2v) is 0.648. The average molecular weight is 109 g/mol. The van der Waals surface area contributed by atoms with Crippen molar-refractivity contribution in [2.24, 2.45) is 17.5 Å². The largest absolute Gasteiger partial charge is 0.395 e. The van der Waals surface area contributed by atoms with Crippen molar-refractivity contribution < 1.29 is 10.0 Å². The third kappa shape index (κ3) is 131. The third-order valence-corrected chi connectivity index (χ3v) is 0.129. The van der Waals surface area contributed by atoms with Crippen LogP contribution in [0.3, 0.4) is 0 Å². The summed E-state index contributed by atoms with van der Waals surface area (Å²) in [6.45, 7) is 0.472. The van der Waals surface area contributed by atoms with Crippen LogP contribution in [0.1, 0.15) is 0 Å². The van der Waals surface area contributed by atoms with Crippen molar-refractivity contribution in [2.75, 3.05) is 13.2 Å². The molecule has 0 radical (unpaired) electrons. The lowest BCUT2D eigenvalue weighted by Crippen LogP contribution is -2.03. The van der Waals surface area contributed by atoms with Crippen LogP contribution in [0.5, 0.6) is 0 Å². The molecule has 0 saturated carbocycles. The lowest BCUT2D eigenvalue weighted by molar-refractivity contribution is 0.142. The van der Waals surface area contributed by atoms with Gasteiger partial charge in [-0.3, -0.25) is 0 Å². The first-order chi connectivity index (χ1) is 3.33. The van der Waals surface area contributed by atoms with Crippen molar-refractivity contribution in [1.82, 2.24) is 0 Å². The Labute approximate surface area is 41.9 Å². The van der Waals surface area contributed by atoms with Gasteiger partial charge in [-0.15, -0.1) is 0 Å². The normalized spacial score (nSPS) is 6.86. The highest BCUT2D eigenvalue weighted by Gasteiger charge is 1.56. The minimum atomic E-state index is 0.0972. The van der Waals surface area contributed by atoms with E-state index in [0.29, 0.717) is 6.54 Å². The highest BCUT2D eigenvalue weighted by atomic mass is 16.7. The molecule has 0 rings (SSSR count). The third-order valence-electron chi connectivity index (χ3n) is 0.129. The Bertz CT molecular complexity index is 18.4. The van der Waals surface area contributed by atoms with Gasteiger partial charge < -0.3 is 10.8 Å². The monoisotopic (exact) mass is 109 g/mol. The van der Waals surface area contributed by atoms with E-state index in [4.69, 9.17) is 10.8 Å². The predicted octanol–water partition coefficient (Wildman–Crippen LogP) is -2.31. The molecule has 0 spiro atoms. The van der Waals surface area contributed by atoms with Crippen molar-refractivity contribution >= 4 is 0 Å². The minimum Gasteiger partial charge on any atom is -0.395 e. The quantitative estimate of drug-likeness (QED) is 0.283. The van der Waals surface area contributed by atoms with E-state index in [1.165, 1.54) is 0 Å². The van der Waals surface area contributed by atoms with Gasteiger partial charge in [0, 0.05) is 6.54 Å². The van der Waals surface area contributed by atoms with Crippen molar-refractivity contribution in [3.05, 3.63) is 0 Å². The van der Waals surface area contributed by atoms with Gasteiger partial charge in [-0.25, -0.2) is 4.94 Å². The SMILES string of the molecule is NCCO.NON. The van der Waals surface area contributed by atoms with Gasteiger partial charge in [0.2, 0.25) is 0 Å². The summed E-state index contributed by atoms with van der Waals surface area (Å²) >= 11 is 0. The van der Waals surface area contributed by atoms with E-state index < -0.39 is 0 Å². The molecule has 0 aliphatic carbocycles. The van der Waals surface area contributed by atoms with Gasteiger partial charge in [-0.05, 0) is 0 Å². The number of hydrogen-bond acceptors (Lipinski definition) is 5. The van der Waals surface area contributed by atoms with Crippen LogP contribution in [0.25, 0.3) is 0 Å². The molecule has 0 atom stereocenters. The van der Waals surface area contributed by atoms with Crippen LogP contribution in [0.4, 0.5) is 0 Å². The maximum absolute atomic E-state index is 7.75. The standard InChI is InChI=1S/C2H7NO.H4N2O/c3-1-2-4;1-3-2/h4H,1-3H2;1-2H2. The Morgan fingerprint density at radius 3 is 1.57 bits per heavy atom. The summed E-state index contributed by atoms with van der Waals surface area (Å²) in [6.07, 6.45) is 0. The summed E-state index contributed by atoms with van der Waals surface area (Å²) in [4.78, 5) is 3.25. The zero-order valence-electron chi connectivity index (χ0n) is 4.00. The molecule has 0 fully saturated rings. The molecule has 0 heterocycles. The van der Waals surface area contributed by atoms with Gasteiger partial charge in [0.15, 0.2) is 0 Å². The predicted molar refractivity (Wildman–Crippen MR) is 25.6 cm³/mol. The van der Waals surface area contributed by atoms with Crippen LogP contribution in [0, 0.1) is 0 Å². The molecule has 46 valence electrons. The van der Waals surface area contributed by atoms with Crippen LogP contribution >= 0.6 is 0 Å². The first-order valence-corrected chi connectivity index (χ1v) is 1.70. The molecule has 0 bridgehead atoms. The van der Waals surface area contributed by atoms with Crippen molar-refractivity contribution in [3.63, 3.8) is 0 Å². The second kappa shape index (κ2) is 17.0. The molecule has 0 amide bonds. The topological polar surface area (TPSA) is 108 Å². The van der Waals surface area contributed by atoms with Crippen molar-refractivity contribution in [3.8, 4) is 0 Å². The van der Waals surface area contributed by atoms with Gasteiger partial charge >= 0.3 is 0 Å². The second-order valence-electron chi connectivity index (χ2n) is 0.648. The van der Waals surface area contributed by atoms with E-state index in [1.807, 2.05) is 0 Å². The van der Waals surface area contributed by atoms with E-state index >= 15 is 0 Å². The van der Waals surface area contributed by atoms with E-state index in [0.717, 1.165) is 0 Å². The molecule has 0 aromatic carbocycles. The van der Waals surface area contributed by atoms with Gasteiger partial charge in [0.05, 0.1) is 6.61 Å². The summed E-state index contributed by atoms with van der Waals surface area (Å²) < 4.78 is 0. The number of hydrogen-bond donors (Lipinski definition) is 4. The fraction of sp³-hybridized carbons (Fsp3) is 1.00. The number of nitrogens with two attached hydrogens (primary N) is 3. The summed E-state index contributed by atoms with van der Waals surface area (Å²) in [5.74, 6) is 8.25. The zero-order chi connectivity index (χ0) is 6.12. The van der Waals surface area contributed by atoms with E-state index in [-0.39, 0.29) is 6.61 Å². The van der Waals surface area contributed by atoms with Crippen LogP contribution < -0.4 is 17.5 Å². The maximum atomic E-state index is 7.75. The highest BCUT2D eigenvalue weighted by Crippen LogP contribution is 1.33. The smallest absolute Gasteiger partial charge is 0.0553 e. The molecular formula is C2H11N3O2. The van der Waals surface area contributed by atoms with Crippen LogP contribution in [-0.4, -0.2) is 18.3 Å². The summed E-state index contributed by atoms with van der Waals surface area (Å²) in [6, 6.07) is 0. The zero-order valence-corrected chi connectivity index (χ0v) is 4.00. The van der Waals surface area contributed by atoms with Gasteiger partial charge in [0.1, 0.15) is 0 Å². The molecule has 0 saturated heterocycles. The van der Waals surface area contributed by atoms with Gasteiger partial charge in [-0.2, -0.15) is 11.8 Å². The lowest BCUT2D eigenvalue weighted by atomic mass is 10.8. The molecule has 0 aromatic rings. The highest BCUT2D eigenvalue weighted by molar-refractivity contribution is 4.17. The molecule has 0 aromatic heterocycles. The molecule has 5 heteroatoms. The Morgan fingerprint density at radius 2 is 1.57 bits per heavy atom. The Morgan fingerprint density at radius 1 is 1.43 bits per heavy atom. The molecule has 7 N–H and O–H groups in total.